The minimum atomic E-state index is 0.0781. The quantitative estimate of drug-likeness (QED) is 0.820. The van der Waals surface area contributed by atoms with Gasteiger partial charge in [-0.1, -0.05) is 12.1 Å². The number of carbonyl (C=O) groups is 1. The molecule has 1 atom stereocenters. The van der Waals surface area contributed by atoms with E-state index in [1.807, 2.05) is 36.0 Å². The third-order valence-electron chi connectivity index (χ3n) is 3.28. The number of nitrogens with one attached hydrogen (secondary N) is 1. The first-order valence-electron chi connectivity index (χ1n) is 6.32. The fourth-order valence-electron chi connectivity index (χ4n) is 2.21. The van der Waals surface area contributed by atoms with Gasteiger partial charge in [-0.3, -0.25) is 4.79 Å². The van der Waals surface area contributed by atoms with Crippen LogP contribution in [0.4, 0.5) is 5.69 Å². The maximum atomic E-state index is 11.9. The predicted molar refractivity (Wildman–Crippen MR) is 77.7 cm³/mol. The second-order valence-electron chi connectivity index (χ2n) is 5.10. The van der Waals surface area contributed by atoms with Crippen LogP contribution in [0.2, 0.25) is 0 Å². The normalized spacial score (nSPS) is 22.9. The van der Waals surface area contributed by atoms with Crippen molar-refractivity contribution in [3.05, 3.63) is 29.8 Å². The minimum absolute atomic E-state index is 0.0781. The van der Waals surface area contributed by atoms with Gasteiger partial charge < -0.3 is 11.1 Å². The van der Waals surface area contributed by atoms with Crippen molar-refractivity contribution >= 4 is 23.4 Å². The fraction of sp³-hybridized carbons (Fsp3) is 0.500. The minimum Gasteiger partial charge on any atom is -0.399 e. The monoisotopic (exact) mass is 264 g/mol. The molecule has 0 bridgehead atoms. The Bertz CT molecular complexity index is 428. The lowest BCUT2D eigenvalue weighted by Gasteiger charge is -2.22. The summed E-state index contributed by atoms with van der Waals surface area (Å²) in [6.45, 7) is 2.99. The van der Waals surface area contributed by atoms with Crippen molar-refractivity contribution < 1.29 is 4.79 Å². The van der Waals surface area contributed by atoms with Crippen molar-refractivity contribution in [1.82, 2.24) is 5.32 Å². The highest BCUT2D eigenvalue weighted by Gasteiger charge is 2.29. The molecular weight excluding hydrogens is 244 g/mol. The van der Waals surface area contributed by atoms with E-state index in [1.54, 1.807) is 0 Å². The third kappa shape index (κ3) is 3.67. The SMILES string of the molecule is CC1(CNC(=O)Cc2cccc(N)c2)CCCS1. The van der Waals surface area contributed by atoms with E-state index >= 15 is 0 Å². The first-order valence-corrected chi connectivity index (χ1v) is 7.31. The average Bonchev–Trinajstić information content (AvgIpc) is 2.74. The van der Waals surface area contributed by atoms with Gasteiger partial charge in [-0.25, -0.2) is 0 Å². The summed E-state index contributed by atoms with van der Waals surface area (Å²) >= 11 is 1.96. The van der Waals surface area contributed by atoms with E-state index < -0.39 is 0 Å². The summed E-state index contributed by atoms with van der Waals surface area (Å²) < 4.78 is 0.228. The lowest BCUT2D eigenvalue weighted by Crippen LogP contribution is -2.37. The van der Waals surface area contributed by atoms with Gasteiger partial charge in [0, 0.05) is 17.0 Å². The van der Waals surface area contributed by atoms with Crippen molar-refractivity contribution in [2.75, 3.05) is 18.0 Å². The van der Waals surface area contributed by atoms with Gasteiger partial charge in [0.2, 0.25) is 5.91 Å². The second-order valence-corrected chi connectivity index (χ2v) is 6.78. The van der Waals surface area contributed by atoms with E-state index in [9.17, 15) is 4.79 Å². The molecular formula is C14H20N2OS. The molecule has 1 aliphatic rings. The molecule has 4 heteroatoms. The molecule has 0 aliphatic carbocycles. The van der Waals surface area contributed by atoms with Crippen molar-refractivity contribution in [3.63, 3.8) is 0 Å². The Labute approximate surface area is 113 Å². The number of hydrogen-bond donors (Lipinski definition) is 2. The Morgan fingerprint density at radius 3 is 3.06 bits per heavy atom. The third-order valence-corrected chi connectivity index (χ3v) is 4.81. The largest absolute Gasteiger partial charge is 0.399 e. The van der Waals surface area contributed by atoms with Gasteiger partial charge >= 0.3 is 0 Å². The van der Waals surface area contributed by atoms with Crippen molar-refractivity contribution in [2.45, 2.75) is 30.9 Å². The number of nitrogens with two attached hydrogens (primary N) is 1. The van der Waals surface area contributed by atoms with Crippen LogP contribution >= 0.6 is 11.8 Å². The molecule has 1 aromatic rings. The summed E-state index contributed by atoms with van der Waals surface area (Å²) in [7, 11) is 0. The predicted octanol–water partition coefficient (Wildman–Crippen LogP) is 2.21. The van der Waals surface area contributed by atoms with E-state index in [-0.39, 0.29) is 10.7 Å². The summed E-state index contributed by atoms with van der Waals surface area (Å²) in [4.78, 5) is 11.9. The van der Waals surface area contributed by atoms with Crippen LogP contribution in [0.3, 0.4) is 0 Å². The van der Waals surface area contributed by atoms with Crippen LogP contribution in [0, 0.1) is 0 Å². The molecule has 2 rings (SSSR count). The molecule has 1 aromatic carbocycles. The molecule has 0 spiro atoms. The maximum Gasteiger partial charge on any atom is 0.224 e. The van der Waals surface area contributed by atoms with Crippen molar-refractivity contribution in [2.24, 2.45) is 0 Å². The number of hydrogen-bond acceptors (Lipinski definition) is 3. The van der Waals surface area contributed by atoms with Gasteiger partial charge in [0.05, 0.1) is 6.42 Å². The highest BCUT2D eigenvalue weighted by atomic mass is 32.2. The molecule has 1 fully saturated rings. The van der Waals surface area contributed by atoms with Crippen LogP contribution in [-0.2, 0) is 11.2 Å². The zero-order chi connectivity index (χ0) is 13.0. The van der Waals surface area contributed by atoms with Gasteiger partial charge in [-0.2, -0.15) is 11.8 Å². The van der Waals surface area contributed by atoms with Gasteiger partial charge in [0.15, 0.2) is 0 Å². The fourth-order valence-corrected chi connectivity index (χ4v) is 3.46. The first kappa shape index (κ1) is 13.3. The van der Waals surface area contributed by atoms with Crippen LogP contribution in [-0.4, -0.2) is 23.0 Å². The van der Waals surface area contributed by atoms with E-state index in [4.69, 9.17) is 5.73 Å². The molecule has 98 valence electrons. The molecule has 3 nitrogen and oxygen atoms in total. The number of benzene rings is 1. The Kier molecular flexibility index (Phi) is 4.17. The van der Waals surface area contributed by atoms with E-state index in [1.165, 1.54) is 18.6 Å². The lowest BCUT2D eigenvalue weighted by atomic mass is 10.1. The molecule has 0 aromatic heterocycles. The number of thioether (sulfide) groups is 1. The molecule has 18 heavy (non-hydrogen) atoms. The standard InChI is InChI=1S/C14H20N2OS/c1-14(6-3-7-18-14)10-16-13(17)9-11-4-2-5-12(15)8-11/h2,4-5,8H,3,6-7,9-10,15H2,1H3,(H,16,17). The summed E-state index contributed by atoms with van der Waals surface area (Å²) in [5.74, 6) is 1.29. The van der Waals surface area contributed by atoms with Crippen molar-refractivity contribution in [1.29, 1.82) is 0 Å². The zero-order valence-electron chi connectivity index (χ0n) is 10.7. The summed E-state index contributed by atoms with van der Waals surface area (Å²) in [6, 6.07) is 7.50. The summed E-state index contributed by atoms with van der Waals surface area (Å²) in [6.07, 6.45) is 2.86. The van der Waals surface area contributed by atoms with Crippen LogP contribution in [0.5, 0.6) is 0 Å². The van der Waals surface area contributed by atoms with E-state index in [0.29, 0.717) is 12.1 Å². The molecule has 1 amide bonds. The summed E-state index contributed by atoms with van der Waals surface area (Å²) in [5, 5.41) is 3.03. The molecule has 1 heterocycles. The van der Waals surface area contributed by atoms with Crippen LogP contribution in [0.25, 0.3) is 0 Å². The van der Waals surface area contributed by atoms with Gasteiger partial charge in [-0.05, 0) is 43.2 Å². The van der Waals surface area contributed by atoms with Gasteiger partial charge in [-0.15, -0.1) is 0 Å². The van der Waals surface area contributed by atoms with Crippen LogP contribution in [0.1, 0.15) is 25.3 Å². The molecule has 1 saturated heterocycles. The van der Waals surface area contributed by atoms with E-state index in [2.05, 4.69) is 12.2 Å². The van der Waals surface area contributed by atoms with Gasteiger partial charge in [0.25, 0.3) is 0 Å². The number of anilines is 1. The second kappa shape index (κ2) is 5.65. The Hall–Kier alpha value is -1.16. The molecule has 3 N–H and O–H groups in total. The Balaban J connectivity index is 1.82. The van der Waals surface area contributed by atoms with Gasteiger partial charge in [0.1, 0.15) is 0 Å². The molecule has 1 unspecified atom stereocenters. The topological polar surface area (TPSA) is 55.1 Å². The van der Waals surface area contributed by atoms with E-state index in [0.717, 1.165) is 12.1 Å². The summed E-state index contributed by atoms with van der Waals surface area (Å²) in [5.41, 5.74) is 7.37. The molecule has 1 aliphatic heterocycles. The Morgan fingerprint density at radius 1 is 1.56 bits per heavy atom. The first-order chi connectivity index (χ1) is 8.57. The highest BCUT2D eigenvalue weighted by Crippen LogP contribution is 2.36. The lowest BCUT2D eigenvalue weighted by molar-refractivity contribution is -0.120. The average molecular weight is 264 g/mol. The highest BCUT2D eigenvalue weighted by molar-refractivity contribution is 8.00. The zero-order valence-corrected chi connectivity index (χ0v) is 11.6. The van der Waals surface area contributed by atoms with Crippen molar-refractivity contribution in [3.8, 4) is 0 Å². The number of amides is 1. The van der Waals surface area contributed by atoms with Crippen LogP contribution in [0.15, 0.2) is 24.3 Å². The number of carbonyl (C=O) groups excluding carboxylic acids is 1. The maximum absolute atomic E-state index is 11.9. The number of nitrogen functional groups attached to an aromatic ring is 1. The number of rotatable bonds is 4. The molecule has 0 saturated carbocycles. The molecule has 0 radical (unpaired) electrons. The smallest absolute Gasteiger partial charge is 0.224 e. The van der Waals surface area contributed by atoms with Crippen LogP contribution < -0.4 is 11.1 Å². The Morgan fingerprint density at radius 2 is 2.39 bits per heavy atom.